The Balaban J connectivity index is 2.35. The molecular weight excluding hydrogens is 284 g/mol. The number of rotatable bonds is 7. The number of benzene rings is 1. The summed E-state index contributed by atoms with van der Waals surface area (Å²) in [6, 6.07) is 10.1. The Kier molecular flexibility index (Phi) is 5.61. The highest BCUT2D eigenvalue weighted by Crippen LogP contribution is 2.35. The van der Waals surface area contributed by atoms with Crippen molar-refractivity contribution in [3.63, 3.8) is 0 Å². The molecule has 0 spiro atoms. The summed E-state index contributed by atoms with van der Waals surface area (Å²) in [7, 11) is 0. The van der Waals surface area contributed by atoms with Crippen molar-refractivity contribution in [3.8, 4) is 10.4 Å². The zero-order valence-electron chi connectivity index (χ0n) is 12.2. The first-order chi connectivity index (χ1) is 10.2. The maximum atomic E-state index is 9.15. The van der Waals surface area contributed by atoms with Crippen molar-refractivity contribution in [1.29, 1.82) is 0 Å². The van der Waals surface area contributed by atoms with Gasteiger partial charge in [-0.15, -0.1) is 11.3 Å². The summed E-state index contributed by atoms with van der Waals surface area (Å²) in [5.74, 6) is 0. The van der Waals surface area contributed by atoms with E-state index in [-0.39, 0.29) is 13.2 Å². The van der Waals surface area contributed by atoms with Crippen molar-refractivity contribution < 1.29 is 10.2 Å². The number of nitrogens with two attached hydrogens (primary N) is 1. The van der Waals surface area contributed by atoms with E-state index in [9.17, 15) is 0 Å². The number of aliphatic hydroxyl groups excluding tert-OH is 2. The van der Waals surface area contributed by atoms with Crippen LogP contribution in [-0.2, 0) is 6.42 Å². The van der Waals surface area contributed by atoms with Crippen LogP contribution in [0.2, 0.25) is 0 Å². The quantitative estimate of drug-likeness (QED) is 0.687. The van der Waals surface area contributed by atoms with Gasteiger partial charge in [0, 0.05) is 39.8 Å². The topological polar surface area (TPSA) is 69.7 Å². The zero-order valence-corrected chi connectivity index (χ0v) is 13.1. The molecule has 0 aliphatic carbocycles. The van der Waals surface area contributed by atoms with Crippen LogP contribution in [0.25, 0.3) is 10.4 Å². The fraction of sp³-hybridized carbons (Fsp3) is 0.375. The second-order valence-electron chi connectivity index (χ2n) is 4.83. The fourth-order valence-electron chi connectivity index (χ4n) is 2.28. The lowest BCUT2D eigenvalue weighted by Crippen LogP contribution is -2.29. The normalized spacial score (nSPS) is 10.8. The minimum absolute atomic E-state index is 0.0543. The molecule has 0 atom stereocenters. The third-order valence-electron chi connectivity index (χ3n) is 3.42. The Morgan fingerprint density at radius 2 is 1.81 bits per heavy atom. The number of hydrogen-bond donors (Lipinski definition) is 3. The largest absolute Gasteiger partial charge is 0.398 e. The van der Waals surface area contributed by atoms with Crippen LogP contribution in [0.5, 0.6) is 0 Å². The Bertz CT molecular complexity index is 577. The van der Waals surface area contributed by atoms with Gasteiger partial charge in [-0.05, 0) is 36.8 Å². The molecule has 1 aromatic carbocycles. The molecule has 0 amide bonds. The summed E-state index contributed by atoms with van der Waals surface area (Å²) in [6.45, 7) is 3.24. The standard InChI is InChI=1S/C16H22N2O2S/c1-2-13-4-6-16(21-13)14-11-12(3-5-15(14)17)18(7-9-19)8-10-20/h3-6,11,19-20H,2,7-10,17H2,1H3. The van der Waals surface area contributed by atoms with E-state index in [4.69, 9.17) is 15.9 Å². The molecule has 114 valence electrons. The SMILES string of the molecule is CCc1ccc(-c2cc(N(CCO)CCO)ccc2N)s1. The lowest BCUT2D eigenvalue weighted by Gasteiger charge is -2.23. The van der Waals surface area contributed by atoms with Gasteiger partial charge in [0.05, 0.1) is 13.2 Å². The highest BCUT2D eigenvalue weighted by atomic mass is 32.1. The predicted molar refractivity (Wildman–Crippen MR) is 89.9 cm³/mol. The number of nitrogen functional groups attached to an aromatic ring is 1. The van der Waals surface area contributed by atoms with Crippen LogP contribution in [0.1, 0.15) is 11.8 Å². The third-order valence-corrected chi connectivity index (χ3v) is 4.68. The van der Waals surface area contributed by atoms with Crippen LogP contribution >= 0.6 is 11.3 Å². The van der Waals surface area contributed by atoms with E-state index in [2.05, 4.69) is 19.1 Å². The predicted octanol–water partition coefficient (Wildman–Crippen LogP) is 2.35. The van der Waals surface area contributed by atoms with Gasteiger partial charge >= 0.3 is 0 Å². The highest BCUT2D eigenvalue weighted by molar-refractivity contribution is 7.15. The van der Waals surface area contributed by atoms with Gasteiger partial charge in [-0.3, -0.25) is 0 Å². The van der Waals surface area contributed by atoms with Gasteiger partial charge in [0.15, 0.2) is 0 Å². The van der Waals surface area contributed by atoms with E-state index < -0.39 is 0 Å². The molecule has 2 aromatic rings. The molecule has 0 fully saturated rings. The molecule has 2 rings (SSSR count). The van der Waals surface area contributed by atoms with Crippen LogP contribution in [0.3, 0.4) is 0 Å². The van der Waals surface area contributed by atoms with Gasteiger partial charge in [-0.2, -0.15) is 0 Å². The average molecular weight is 306 g/mol. The zero-order chi connectivity index (χ0) is 15.2. The van der Waals surface area contributed by atoms with Crippen molar-refractivity contribution in [2.24, 2.45) is 0 Å². The van der Waals surface area contributed by atoms with Crippen LogP contribution < -0.4 is 10.6 Å². The van der Waals surface area contributed by atoms with Gasteiger partial charge in [0.25, 0.3) is 0 Å². The molecule has 0 aliphatic rings. The first-order valence-electron chi connectivity index (χ1n) is 7.14. The highest BCUT2D eigenvalue weighted by Gasteiger charge is 2.11. The Labute approximate surface area is 129 Å². The van der Waals surface area contributed by atoms with E-state index in [1.807, 2.05) is 23.1 Å². The van der Waals surface area contributed by atoms with Gasteiger partial charge in [0.2, 0.25) is 0 Å². The molecule has 0 saturated heterocycles. The second kappa shape index (κ2) is 7.45. The summed E-state index contributed by atoms with van der Waals surface area (Å²) in [5, 5.41) is 18.3. The van der Waals surface area contributed by atoms with E-state index in [1.54, 1.807) is 11.3 Å². The van der Waals surface area contributed by atoms with Crippen molar-refractivity contribution in [1.82, 2.24) is 0 Å². The first kappa shape index (κ1) is 15.8. The van der Waals surface area contributed by atoms with Gasteiger partial charge in [-0.25, -0.2) is 0 Å². The molecule has 0 unspecified atom stereocenters. The number of aliphatic hydroxyl groups is 2. The Morgan fingerprint density at radius 3 is 2.38 bits per heavy atom. The van der Waals surface area contributed by atoms with Crippen LogP contribution in [0.4, 0.5) is 11.4 Å². The molecule has 4 nitrogen and oxygen atoms in total. The summed E-state index contributed by atoms with van der Waals surface area (Å²) < 4.78 is 0. The van der Waals surface area contributed by atoms with Gasteiger partial charge in [0.1, 0.15) is 0 Å². The summed E-state index contributed by atoms with van der Waals surface area (Å²) in [5.41, 5.74) is 8.83. The number of nitrogens with zero attached hydrogens (tertiary/aromatic N) is 1. The molecule has 1 aromatic heterocycles. The lowest BCUT2D eigenvalue weighted by atomic mass is 10.1. The van der Waals surface area contributed by atoms with Crippen molar-refractivity contribution >= 4 is 22.7 Å². The Hall–Kier alpha value is -1.56. The Morgan fingerprint density at radius 1 is 1.10 bits per heavy atom. The number of thiophene rings is 1. The number of anilines is 2. The summed E-state index contributed by atoms with van der Waals surface area (Å²) >= 11 is 1.75. The van der Waals surface area contributed by atoms with E-state index >= 15 is 0 Å². The smallest absolute Gasteiger partial charge is 0.0606 e. The minimum atomic E-state index is 0.0543. The second-order valence-corrected chi connectivity index (χ2v) is 5.99. The van der Waals surface area contributed by atoms with Gasteiger partial charge in [-0.1, -0.05) is 6.92 Å². The van der Waals surface area contributed by atoms with E-state index in [0.29, 0.717) is 13.1 Å². The van der Waals surface area contributed by atoms with Crippen LogP contribution in [-0.4, -0.2) is 36.5 Å². The fourth-order valence-corrected chi connectivity index (χ4v) is 3.26. The summed E-state index contributed by atoms with van der Waals surface area (Å²) in [6.07, 6.45) is 1.02. The molecule has 0 bridgehead atoms. The van der Waals surface area contributed by atoms with Crippen molar-refractivity contribution in [2.75, 3.05) is 36.9 Å². The molecule has 0 radical (unpaired) electrons. The van der Waals surface area contributed by atoms with Crippen molar-refractivity contribution in [3.05, 3.63) is 35.2 Å². The van der Waals surface area contributed by atoms with E-state index in [0.717, 1.165) is 28.2 Å². The maximum Gasteiger partial charge on any atom is 0.0606 e. The average Bonchev–Trinajstić information content (AvgIpc) is 2.96. The van der Waals surface area contributed by atoms with Crippen molar-refractivity contribution in [2.45, 2.75) is 13.3 Å². The first-order valence-corrected chi connectivity index (χ1v) is 7.96. The molecule has 1 heterocycles. The monoisotopic (exact) mass is 306 g/mol. The van der Waals surface area contributed by atoms with Gasteiger partial charge < -0.3 is 20.8 Å². The van der Waals surface area contributed by atoms with Crippen LogP contribution in [0, 0.1) is 0 Å². The number of aryl methyl sites for hydroxylation is 1. The minimum Gasteiger partial charge on any atom is -0.398 e. The third kappa shape index (κ3) is 3.75. The molecule has 5 heteroatoms. The summed E-state index contributed by atoms with van der Waals surface area (Å²) in [4.78, 5) is 4.44. The maximum absolute atomic E-state index is 9.15. The molecule has 21 heavy (non-hydrogen) atoms. The van der Waals surface area contributed by atoms with E-state index in [1.165, 1.54) is 4.88 Å². The lowest BCUT2D eigenvalue weighted by molar-refractivity contribution is 0.281. The van der Waals surface area contributed by atoms with Crippen LogP contribution in [0.15, 0.2) is 30.3 Å². The molecular formula is C16H22N2O2S. The molecule has 4 N–H and O–H groups in total. The molecule has 0 saturated carbocycles. The number of hydrogen-bond acceptors (Lipinski definition) is 5. The molecule has 0 aliphatic heterocycles.